The maximum Gasteiger partial charge on any atom is 0.354 e. The van der Waals surface area contributed by atoms with E-state index in [1.807, 2.05) is 0 Å². The van der Waals surface area contributed by atoms with Crippen molar-refractivity contribution in [2.45, 2.75) is 0 Å². The third-order valence-corrected chi connectivity index (χ3v) is 2.64. The molecule has 0 radical (unpaired) electrons. The van der Waals surface area contributed by atoms with Crippen molar-refractivity contribution in [3.05, 3.63) is 52.5 Å². The topological polar surface area (TPSA) is 92.2 Å². The van der Waals surface area contributed by atoms with Gasteiger partial charge < -0.3 is 10.4 Å². The molecule has 0 saturated carbocycles. The molecule has 0 aliphatic heterocycles. The van der Waals surface area contributed by atoms with Gasteiger partial charge in [-0.1, -0.05) is 0 Å². The molecule has 2 aromatic rings. The molecule has 6 nitrogen and oxygen atoms in total. The quantitative estimate of drug-likeness (QED) is 0.904. The van der Waals surface area contributed by atoms with E-state index in [-0.39, 0.29) is 17.2 Å². The van der Waals surface area contributed by atoms with Crippen LogP contribution >= 0.6 is 15.9 Å². The third-order valence-electron chi connectivity index (χ3n) is 2.21. The fraction of sp³-hybridized carbons (Fsp3) is 0. The largest absolute Gasteiger partial charge is 0.477 e. The molecule has 0 saturated heterocycles. The fourth-order valence-electron chi connectivity index (χ4n) is 1.34. The molecular weight excluding hydrogens is 314 g/mol. The number of pyridine rings is 2. The van der Waals surface area contributed by atoms with Crippen LogP contribution in [0.4, 0.5) is 5.69 Å². The number of rotatable bonds is 3. The molecule has 0 aromatic carbocycles. The van der Waals surface area contributed by atoms with Crippen LogP contribution in [0.2, 0.25) is 0 Å². The summed E-state index contributed by atoms with van der Waals surface area (Å²) in [4.78, 5) is 30.1. The summed E-state index contributed by atoms with van der Waals surface area (Å²) < 4.78 is 0.740. The minimum absolute atomic E-state index is 0.110. The molecule has 2 aromatic heterocycles. The third kappa shape index (κ3) is 3.35. The first-order valence-corrected chi connectivity index (χ1v) is 5.97. The van der Waals surface area contributed by atoms with Crippen molar-refractivity contribution in [3.63, 3.8) is 0 Å². The van der Waals surface area contributed by atoms with E-state index >= 15 is 0 Å². The van der Waals surface area contributed by atoms with Gasteiger partial charge in [0.1, 0.15) is 5.69 Å². The van der Waals surface area contributed by atoms with E-state index in [2.05, 4.69) is 31.2 Å². The SMILES string of the molecule is O=C(Nc1cncc(Br)c1)c1ccc(C(=O)O)nc1. The Morgan fingerprint density at radius 2 is 2.00 bits per heavy atom. The van der Waals surface area contributed by atoms with E-state index in [9.17, 15) is 9.59 Å². The maximum absolute atomic E-state index is 11.9. The Kier molecular flexibility index (Phi) is 3.86. The van der Waals surface area contributed by atoms with Gasteiger partial charge >= 0.3 is 5.97 Å². The van der Waals surface area contributed by atoms with Gasteiger partial charge in [0, 0.05) is 16.9 Å². The van der Waals surface area contributed by atoms with Crippen LogP contribution in [0.25, 0.3) is 0 Å². The van der Waals surface area contributed by atoms with Gasteiger partial charge in [0.2, 0.25) is 0 Å². The van der Waals surface area contributed by atoms with Crippen molar-refractivity contribution in [1.29, 1.82) is 0 Å². The van der Waals surface area contributed by atoms with Crippen LogP contribution in [0.5, 0.6) is 0 Å². The Morgan fingerprint density at radius 1 is 1.21 bits per heavy atom. The fourth-order valence-corrected chi connectivity index (χ4v) is 1.70. The highest BCUT2D eigenvalue weighted by Gasteiger charge is 2.09. The first kappa shape index (κ1) is 13.2. The smallest absolute Gasteiger partial charge is 0.354 e. The van der Waals surface area contributed by atoms with Gasteiger partial charge in [-0.25, -0.2) is 9.78 Å². The van der Waals surface area contributed by atoms with Crippen LogP contribution in [0.1, 0.15) is 20.8 Å². The molecule has 96 valence electrons. The minimum Gasteiger partial charge on any atom is -0.477 e. The zero-order valence-electron chi connectivity index (χ0n) is 9.50. The van der Waals surface area contributed by atoms with Crippen LogP contribution in [0.15, 0.2) is 41.3 Å². The number of anilines is 1. The van der Waals surface area contributed by atoms with Crippen molar-refractivity contribution in [2.75, 3.05) is 5.32 Å². The predicted octanol–water partition coefficient (Wildman–Crippen LogP) is 2.19. The molecule has 0 aliphatic rings. The second kappa shape index (κ2) is 5.57. The normalized spacial score (nSPS) is 9.95. The van der Waals surface area contributed by atoms with E-state index in [0.717, 1.165) is 4.47 Å². The summed E-state index contributed by atoms with van der Waals surface area (Å²) in [6.07, 6.45) is 4.31. The highest BCUT2D eigenvalue weighted by atomic mass is 79.9. The summed E-state index contributed by atoms with van der Waals surface area (Å²) in [6.45, 7) is 0. The van der Waals surface area contributed by atoms with Crippen molar-refractivity contribution >= 4 is 33.5 Å². The lowest BCUT2D eigenvalue weighted by atomic mass is 10.2. The summed E-state index contributed by atoms with van der Waals surface area (Å²) in [6, 6.07) is 4.37. The molecule has 0 aliphatic carbocycles. The summed E-state index contributed by atoms with van der Waals surface area (Å²) in [5, 5.41) is 11.3. The van der Waals surface area contributed by atoms with E-state index in [4.69, 9.17) is 5.11 Å². The first-order chi connectivity index (χ1) is 9.06. The number of aromatic carboxylic acids is 1. The van der Waals surface area contributed by atoms with Crippen LogP contribution in [0.3, 0.4) is 0 Å². The molecule has 0 unspecified atom stereocenters. The predicted molar refractivity (Wildman–Crippen MR) is 71.1 cm³/mol. The number of carbonyl (C=O) groups is 2. The van der Waals surface area contributed by atoms with Gasteiger partial charge in [0.05, 0.1) is 17.4 Å². The van der Waals surface area contributed by atoms with Crippen LogP contribution in [-0.4, -0.2) is 27.0 Å². The molecule has 2 N–H and O–H groups in total. The van der Waals surface area contributed by atoms with Crippen LogP contribution in [0, 0.1) is 0 Å². The van der Waals surface area contributed by atoms with Crippen LogP contribution < -0.4 is 5.32 Å². The number of nitrogens with zero attached hydrogens (tertiary/aromatic N) is 2. The van der Waals surface area contributed by atoms with Crippen molar-refractivity contribution in [1.82, 2.24) is 9.97 Å². The lowest BCUT2D eigenvalue weighted by Gasteiger charge is -2.05. The number of hydrogen-bond donors (Lipinski definition) is 2. The van der Waals surface area contributed by atoms with E-state index in [1.54, 1.807) is 12.3 Å². The Bertz CT molecular complexity index is 628. The minimum atomic E-state index is -1.14. The van der Waals surface area contributed by atoms with Gasteiger partial charge in [-0.15, -0.1) is 0 Å². The lowest BCUT2D eigenvalue weighted by molar-refractivity contribution is 0.0690. The summed E-state index contributed by atoms with van der Waals surface area (Å²) in [7, 11) is 0. The number of carboxylic acid groups (broad SMARTS) is 1. The van der Waals surface area contributed by atoms with Crippen LogP contribution in [-0.2, 0) is 0 Å². The zero-order valence-corrected chi connectivity index (χ0v) is 11.1. The van der Waals surface area contributed by atoms with Gasteiger partial charge in [-0.3, -0.25) is 9.78 Å². The molecule has 7 heteroatoms. The number of hydrogen-bond acceptors (Lipinski definition) is 4. The highest BCUT2D eigenvalue weighted by Crippen LogP contribution is 2.14. The number of halogens is 1. The first-order valence-electron chi connectivity index (χ1n) is 5.17. The Labute approximate surface area is 116 Å². The summed E-state index contributed by atoms with van der Waals surface area (Å²) in [5.41, 5.74) is 0.687. The molecule has 19 heavy (non-hydrogen) atoms. The zero-order chi connectivity index (χ0) is 13.8. The van der Waals surface area contributed by atoms with Crippen molar-refractivity contribution in [2.24, 2.45) is 0 Å². The second-order valence-electron chi connectivity index (χ2n) is 3.58. The monoisotopic (exact) mass is 321 g/mol. The highest BCUT2D eigenvalue weighted by molar-refractivity contribution is 9.10. The molecule has 0 fully saturated rings. The van der Waals surface area contributed by atoms with Gasteiger partial charge in [0.15, 0.2) is 0 Å². The number of carbonyl (C=O) groups excluding carboxylic acids is 1. The molecular formula is C12H8BrN3O3. The summed E-state index contributed by atoms with van der Waals surface area (Å²) >= 11 is 3.24. The average molecular weight is 322 g/mol. The molecule has 0 atom stereocenters. The average Bonchev–Trinajstić information content (AvgIpc) is 2.39. The Balaban J connectivity index is 2.14. The number of aromatic nitrogens is 2. The Hall–Kier alpha value is -2.28. The molecule has 2 rings (SSSR count). The lowest BCUT2D eigenvalue weighted by Crippen LogP contribution is -2.13. The molecule has 1 amide bonds. The van der Waals surface area contributed by atoms with Crippen molar-refractivity contribution in [3.8, 4) is 0 Å². The molecule has 0 spiro atoms. The molecule has 2 heterocycles. The van der Waals surface area contributed by atoms with Gasteiger partial charge in [0.25, 0.3) is 5.91 Å². The number of nitrogens with one attached hydrogen (secondary N) is 1. The number of amides is 1. The number of carboxylic acids is 1. The second-order valence-corrected chi connectivity index (χ2v) is 4.50. The van der Waals surface area contributed by atoms with Gasteiger partial charge in [-0.05, 0) is 34.1 Å². The van der Waals surface area contributed by atoms with Gasteiger partial charge in [-0.2, -0.15) is 0 Å². The van der Waals surface area contributed by atoms with E-state index in [0.29, 0.717) is 5.69 Å². The van der Waals surface area contributed by atoms with E-state index < -0.39 is 5.97 Å². The standard InChI is InChI=1S/C12H8BrN3O3/c13-8-3-9(6-14-5-8)16-11(17)7-1-2-10(12(18)19)15-4-7/h1-6H,(H,16,17)(H,18,19). The summed E-state index contributed by atoms with van der Waals surface area (Å²) in [5.74, 6) is -1.52. The van der Waals surface area contributed by atoms with E-state index in [1.165, 1.54) is 24.5 Å². The van der Waals surface area contributed by atoms with Crippen molar-refractivity contribution < 1.29 is 14.7 Å². The Morgan fingerprint density at radius 3 is 2.58 bits per heavy atom. The maximum atomic E-state index is 11.9. The molecule has 0 bridgehead atoms.